The molecule has 1 N–H and O–H groups in total. The summed E-state index contributed by atoms with van der Waals surface area (Å²) in [7, 11) is -2.15. The van der Waals surface area contributed by atoms with Gasteiger partial charge in [-0.1, -0.05) is 18.2 Å². The van der Waals surface area contributed by atoms with Crippen LogP contribution in [-0.2, 0) is 16.4 Å². The number of benzene rings is 2. The highest BCUT2D eigenvalue weighted by Crippen LogP contribution is 2.27. The Morgan fingerprint density at radius 3 is 2.54 bits per heavy atom. The van der Waals surface area contributed by atoms with Gasteiger partial charge in [0.05, 0.1) is 7.11 Å². The predicted molar refractivity (Wildman–Crippen MR) is 102 cm³/mol. The van der Waals surface area contributed by atoms with Crippen molar-refractivity contribution in [2.24, 2.45) is 0 Å². The molecule has 26 heavy (non-hydrogen) atoms. The van der Waals surface area contributed by atoms with Gasteiger partial charge in [0.2, 0.25) is 10.0 Å². The molecule has 0 aliphatic heterocycles. The number of sulfonamides is 1. The molecule has 6 heteroatoms. The Morgan fingerprint density at radius 1 is 1.08 bits per heavy atom. The van der Waals surface area contributed by atoms with Gasteiger partial charge in [-0.05, 0) is 55.7 Å². The molecule has 0 aliphatic carbocycles. The Hall–Kier alpha value is -2.31. The number of nitrogens with one attached hydrogen (secondary N) is 1. The average molecular weight is 373 g/mol. The van der Waals surface area contributed by atoms with Gasteiger partial charge < -0.3 is 9.15 Å². The van der Waals surface area contributed by atoms with E-state index in [2.05, 4.69) is 4.72 Å². The Kier molecular flexibility index (Phi) is 5.34. The van der Waals surface area contributed by atoms with E-state index in [4.69, 9.17) is 9.15 Å². The molecule has 0 spiro atoms. The molecular formula is C20H23NO4S. The number of furan rings is 1. The number of para-hydroxylation sites is 1. The maximum atomic E-state index is 12.6. The summed E-state index contributed by atoms with van der Waals surface area (Å²) in [6.45, 7) is 4.14. The number of aryl methyl sites for hydroxylation is 3. The van der Waals surface area contributed by atoms with Crippen LogP contribution in [0.3, 0.4) is 0 Å². The molecule has 2 aromatic carbocycles. The Bertz CT molecular complexity index is 988. The van der Waals surface area contributed by atoms with E-state index >= 15 is 0 Å². The third-order valence-corrected chi connectivity index (χ3v) is 5.92. The molecule has 0 atom stereocenters. The molecule has 0 amide bonds. The normalized spacial score (nSPS) is 11.8. The van der Waals surface area contributed by atoms with Crippen molar-refractivity contribution in [2.45, 2.75) is 31.6 Å². The van der Waals surface area contributed by atoms with Gasteiger partial charge in [-0.2, -0.15) is 0 Å². The fraction of sp³-hybridized carbons (Fsp3) is 0.300. The Labute approximate surface area is 154 Å². The van der Waals surface area contributed by atoms with E-state index in [1.54, 1.807) is 12.1 Å². The quantitative estimate of drug-likeness (QED) is 0.636. The van der Waals surface area contributed by atoms with Crippen LogP contribution in [0.1, 0.15) is 23.3 Å². The van der Waals surface area contributed by atoms with Gasteiger partial charge in [-0.3, -0.25) is 0 Å². The molecule has 0 unspecified atom stereocenters. The van der Waals surface area contributed by atoms with Crippen LogP contribution < -0.4 is 9.46 Å². The van der Waals surface area contributed by atoms with Crippen LogP contribution in [0.25, 0.3) is 11.0 Å². The number of hydrogen-bond acceptors (Lipinski definition) is 4. The molecule has 0 saturated carbocycles. The highest BCUT2D eigenvalue weighted by Gasteiger charge is 2.20. The van der Waals surface area contributed by atoms with Crippen LogP contribution in [-0.4, -0.2) is 22.1 Å². The molecule has 3 aromatic rings. The zero-order chi connectivity index (χ0) is 18.7. The highest BCUT2D eigenvalue weighted by molar-refractivity contribution is 7.89. The SMILES string of the molecule is COc1cc(C)c(C)cc1S(=O)(=O)NCCCc1cc2ccccc2o1. The third-order valence-electron chi connectivity index (χ3n) is 4.44. The number of methoxy groups -OCH3 is 1. The Balaban J connectivity index is 1.64. The van der Waals surface area contributed by atoms with E-state index in [0.29, 0.717) is 25.1 Å². The van der Waals surface area contributed by atoms with Crippen molar-refractivity contribution in [3.8, 4) is 5.75 Å². The lowest BCUT2D eigenvalue weighted by molar-refractivity contribution is 0.401. The molecule has 0 saturated heterocycles. The molecule has 1 heterocycles. The second-order valence-corrected chi connectivity index (χ2v) is 8.07. The van der Waals surface area contributed by atoms with Crippen molar-refractivity contribution in [1.82, 2.24) is 4.72 Å². The van der Waals surface area contributed by atoms with Gasteiger partial charge in [-0.25, -0.2) is 13.1 Å². The van der Waals surface area contributed by atoms with Crippen LogP contribution in [0, 0.1) is 13.8 Å². The average Bonchev–Trinajstić information content (AvgIpc) is 3.03. The van der Waals surface area contributed by atoms with Gasteiger partial charge in [0.25, 0.3) is 0 Å². The number of ether oxygens (including phenoxy) is 1. The lowest BCUT2D eigenvalue weighted by atomic mass is 10.1. The number of fused-ring (bicyclic) bond motifs is 1. The summed E-state index contributed by atoms with van der Waals surface area (Å²) in [6, 6.07) is 13.2. The fourth-order valence-corrected chi connectivity index (χ4v) is 4.15. The molecule has 5 nitrogen and oxygen atoms in total. The first-order valence-corrected chi connectivity index (χ1v) is 10.0. The topological polar surface area (TPSA) is 68.5 Å². The molecule has 138 valence electrons. The van der Waals surface area contributed by atoms with Gasteiger partial charge >= 0.3 is 0 Å². The van der Waals surface area contributed by atoms with Crippen molar-refractivity contribution < 1.29 is 17.6 Å². The lowest BCUT2D eigenvalue weighted by Crippen LogP contribution is -2.25. The van der Waals surface area contributed by atoms with Gasteiger partial charge in [0, 0.05) is 18.4 Å². The van der Waals surface area contributed by atoms with Crippen LogP contribution >= 0.6 is 0 Å². The second-order valence-electron chi connectivity index (χ2n) is 6.34. The first kappa shape index (κ1) is 18.5. The van der Waals surface area contributed by atoms with E-state index in [9.17, 15) is 8.42 Å². The first-order chi connectivity index (χ1) is 12.4. The molecular weight excluding hydrogens is 350 g/mol. The second kappa shape index (κ2) is 7.51. The predicted octanol–water partition coefficient (Wildman–Crippen LogP) is 3.97. The molecule has 0 radical (unpaired) electrons. The molecule has 3 rings (SSSR count). The maximum Gasteiger partial charge on any atom is 0.244 e. The van der Waals surface area contributed by atoms with Gasteiger partial charge in [0.1, 0.15) is 22.0 Å². The monoisotopic (exact) mass is 373 g/mol. The smallest absolute Gasteiger partial charge is 0.244 e. The van der Waals surface area contributed by atoms with Gasteiger partial charge in [0.15, 0.2) is 0 Å². The summed E-state index contributed by atoms with van der Waals surface area (Å²) >= 11 is 0. The lowest BCUT2D eigenvalue weighted by Gasteiger charge is -2.13. The standard InChI is InChI=1S/C20H23NO4S/c1-14-11-19(24-3)20(12-15(14)2)26(22,23)21-10-6-8-17-13-16-7-4-5-9-18(16)25-17/h4-5,7,9,11-13,21H,6,8,10H2,1-3H3. The summed E-state index contributed by atoms with van der Waals surface area (Å²) in [5.41, 5.74) is 2.75. The summed E-state index contributed by atoms with van der Waals surface area (Å²) in [4.78, 5) is 0.173. The van der Waals surface area contributed by atoms with Crippen molar-refractivity contribution in [3.63, 3.8) is 0 Å². The fourth-order valence-electron chi connectivity index (χ4n) is 2.84. The summed E-state index contributed by atoms with van der Waals surface area (Å²) in [6.07, 6.45) is 1.31. The van der Waals surface area contributed by atoms with Crippen LogP contribution in [0.15, 0.2) is 51.8 Å². The van der Waals surface area contributed by atoms with Crippen LogP contribution in [0.5, 0.6) is 5.75 Å². The van der Waals surface area contributed by atoms with E-state index in [-0.39, 0.29) is 4.90 Å². The molecule has 0 fully saturated rings. The minimum absolute atomic E-state index is 0.173. The van der Waals surface area contributed by atoms with Crippen molar-refractivity contribution in [2.75, 3.05) is 13.7 Å². The van der Waals surface area contributed by atoms with Crippen molar-refractivity contribution in [3.05, 3.63) is 59.4 Å². The summed E-state index contributed by atoms with van der Waals surface area (Å²) in [5.74, 6) is 1.21. The molecule has 0 bridgehead atoms. The third kappa shape index (κ3) is 3.92. The van der Waals surface area contributed by atoms with Crippen LogP contribution in [0.4, 0.5) is 0 Å². The summed E-state index contributed by atoms with van der Waals surface area (Å²) in [5, 5.41) is 1.06. The van der Waals surface area contributed by atoms with Gasteiger partial charge in [-0.15, -0.1) is 0 Å². The van der Waals surface area contributed by atoms with Crippen LogP contribution in [0.2, 0.25) is 0 Å². The molecule has 0 aliphatic rings. The first-order valence-electron chi connectivity index (χ1n) is 8.53. The van der Waals surface area contributed by atoms with E-state index < -0.39 is 10.0 Å². The number of hydrogen-bond donors (Lipinski definition) is 1. The zero-order valence-electron chi connectivity index (χ0n) is 15.2. The Morgan fingerprint density at radius 2 is 1.81 bits per heavy atom. The maximum absolute atomic E-state index is 12.6. The number of rotatable bonds is 7. The minimum Gasteiger partial charge on any atom is -0.495 e. The minimum atomic E-state index is -3.63. The zero-order valence-corrected chi connectivity index (χ0v) is 16.0. The molecule has 1 aromatic heterocycles. The summed E-state index contributed by atoms with van der Waals surface area (Å²) < 4.78 is 38.9. The largest absolute Gasteiger partial charge is 0.495 e. The van der Waals surface area contributed by atoms with Crippen molar-refractivity contribution >= 4 is 21.0 Å². The van der Waals surface area contributed by atoms with Crippen molar-refractivity contribution in [1.29, 1.82) is 0 Å². The van der Waals surface area contributed by atoms with E-state index in [1.165, 1.54) is 7.11 Å². The highest BCUT2D eigenvalue weighted by atomic mass is 32.2. The van der Waals surface area contributed by atoms with E-state index in [1.807, 2.05) is 44.2 Å². The van der Waals surface area contributed by atoms with E-state index in [0.717, 1.165) is 27.9 Å².